The molecule has 4 aromatic rings. The second-order valence-electron chi connectivity index (χ2n) is 7.91. The van der Waals surface area contributed by atoms with Gasteiger partial charge in [-0.15, -0.1) is 11.3 Å². The van der Waals surface area contributed by atoms with Gasteiger partial charge in [-0.05, 0) is 36.2 Å². The number of fused-ring (bicyclic) bond motifs is 1. The summed E-state index contributed by atoms with van der Waals surface area (Å²) in [6.45, 7) is 2.42. The van der Waals surface area contributed by atoms with Gasteiger partial charge in [0.05, 0.1) is 18.8 Å². The quantitative estimate of drug-likeness (QED) is 0.270. The zero-order valence-corrected chi connectivity index (χ0v) is 20.5. The van der Waals surface area contributed by atoms with Crippen LogP contribution in [0, 0.1) is 0 Å². The van der Waals surface area contributed by atoms with Crippen LogP contribution in [0.25, 0.3) is 11.1 Å². The van der Waals surface area contributed by atoms with Crippen molar-refractivity contribution in [2.75, 3.05) is 11.5 Å². The third kappa shape index (κ3) is 4.50. The van der Waals surface area contributed by atoms with E-state index in [0.717, 1.165) is 22.4 Å². The Labute approximate surface area is 212 Å². The molecule has 3 aromatic carbocycles. The number of halogens is 1. The minimum atomic E-state index is -0.474. The standard InChI is InChI=1S/C28H21ClN2O3S/c1-2-34-28(33)24-22(19-12-14-20(29)15-13-19)17-35-26(24)30-25-21-10-6-7-11-23(21)31(27(25)32)16-18-8-4-3-5-9-18/h3-15,17H,2,16H2,1H3/b30-25+. The summed E-state index contributed by atoms with van der Waals surface area (Å²) in [6, 6.07) is 24.6. The molecular formula is C28H21ClN2O3S. The van der Waals surface area contributed by atoms with Gasteiger partial charge in [0.1, 0.15) is 16.3 Å². The van der Waals surface area contributed by atoms with Crippen molar-refractivity contribution in [1.82, 2.24) is 0 Å². The fourth-order valence-corrected chi connectivity index (χ4v) is 5.13. The van der Waals surface area contributed by atoms with Gasteiger partial charge < -0.3 is 9.64 Å². The average Bonchev–Trinajstić information content (AvgIpc) is 3.41. The Kier molecular flexibility index (Phi) is 6.49. The lowest BCUT2D eigenvalue weighted by molar-refractivity contribution is -0.112. The number of para-hydroxylation sites is 1. The highest BCUT2D eigenvalue weighted by atomic mass is 35.5. The first-order valence-corrected chi connectivity index (χ1v) is 12.4. The van der Waals surface area contributed by atoms with E-state index in [2.05, 4.69) is 0 Å². The van der Waals surface area contributed by atoms with E-state index in [9.17, 15) is 9.59 Å². The molecule has 0 bridgehead atoms. The van der Waals surface area contributed by atoms with Crippen LogP contribution in [0.2, 0.25) is 5.02 Å². The molecule has 1 amide bonds. The van der Waals surface area contributed by atoms with Crippen LogP contribution >= 0.6 is 22.9 Å². The molecule has 35 heavy (non-hydrogen) atoms. The molecule has 0 spiro atoms. The number of hydrogen-bond donors (Lipinski definition) is 0. The number of hydrogen-bond acceptors (Lipinski definition) is 5. The molecule has 2 heterocycles. The Hall–Kier alpha value is -3.74. The highest BCUT2D eigenvalue weighted by molar-refractivity contribution is 7.15. The fraction of sp³-hybridized carbons (Fsp3) is 0.107. The molecule has 174 valence electrons. The van der Waals surface area contributed by atoms with E-state index in [4.69, 9.17) is 21.3 Å². The smallest absolute Gasteiger partial charge is 0.341 e. The Balaban J connectivity index is 1.60. The molecule has 5 nitrogen and oxygen atoms in total. The van der Waals surface area contributed by atoms with Crippen LogP contribution in [0.1, 0.15) is 28.4 Å². The van der Waals surface area contributed by atoms with E-state index in [1.54, 1.807) is 24.0 Å². The van der Waals surface area contributed by atoms with Gasteiger partial charge in [0.15, 0.2) is 0 Å². The van der Waals surface area contributed by atoms with Crippen LogP contribution < -0.4 is 4.90 Å². The first-order valence-electron chi connectivity index (χ1n) is 11.1. The number of esters is 1. The van der Waals surface area contributed by atoms with Crippen LogP contribution in [0.5, 0.6) is 0 Å². The predicted octanol–water partition coefficient (Wildman–Crippen LogP) is 6.91. The lowest BCUT2D eigenvalue weighted by Gasteiger charge is -2.16. The molecule has 0 fully saturated rings. The van der Waals surface area contributed by atoms with E-state index in [0.29, 0.717) is 33.4 Å². The minimum Gasteiger partial charge on any atom is -0.462 e. The van der Waals surface area contributed by atoms with Crippen molar-refractivity contribution in [2.24, 2.45) is 4.99 Å². The number of anilines is 1. The summed E-state index contributed by atoms with van der Waals surface area (Å²) >= 11 is 7.36. The summed E-state index contributed by atoms with van der Waals surface area (Å²) < 4.78 is 5.35. The summed E-state index contributed by atoms with van der Waals surface area (Å²) in [5, 5.41) is 2.91. The SMILES string of the molecule is CCOC(=O)c1c(-c2ccc(Cl)cc2)csc1/N=C1/C(=O)N(Cc2ccccc2)c2ccccc21. The van der Waals surface area contributed by atoms with E-state index in [-0.39, 0.29) is 12.5 Å². The van der Waals surface area contributed by atoms with Crippen LogP contribution in [0.3, 0.4) is 0 Å². The monoisotopic (exact) mass is 500 g/mol. The van der Waals surface area contributed by atoms with Crippen molar-refractivity contribution >= 4 is 51.2 Å². The predicted molar refractivity (Wildman–Crippen MR) is 141 cm³/mol. The largest absolute Gasteiger partial charge is 0.462 e. The van der Waals surface area contributed by atoms with Crippen molar-refractivity contribution in [3.8, 4) is 11.1 Å². The molecule has 0 unspecified atom stereocenters. The third-order valence-electron chi connectivity index (χ3n) is 5.70. The number of benzene rings is 3. The zero-order chi connectivity index (χ0) is 24.4. The molecule has 0 atom stereocenters. The molecule has 0 N–H and O–H groups in total. The van der Waals surface area contributed by atoms with Gasteiger partial charge in [0.25, 0.3) is 5.91 Å². The Morgan fingerprint density at radius 1 is 0.971 bits per heavy atom. The number of thiophene rings is 1. The first kappa shape index (κ1) is 23.0. The van der Waals surface area contributed by atoms with Gasteiger partial charge in [-0.1, -0.05) is 72.3 Å². The maximum absolute atomic E-state index is 13.6. The lowest BCUT2D eigenvalue weighted by atomic mass is 10.0. The van der Waals surface area contributed by atoms with E-state index in [1.165, 1.54) is 11.3 Å². The maximum Gasteiger partial charge on any atom is 0.341 e. The van der Waals surface area contributed by atoms with E-state index >= 15 is 0 Å². The number of carbonyl (C=O) groups excluding carboxylic acids is 2. The van der Waals surface area contributed by atoms with E-state index < -0.39 is 5.97 Å². The average molecular weight is 501 g/mol. The number of nitrogens with zero attached hydrogens (tertiary/aromatic N) is 2. The second-order valence-corrected chi connectivity index (χ2v) is 9.21. The fourth-order valence-electron chi connectivity index (χ4n) is 4.07. The minimum absolute atomic E-state index is 0.202. The van der Waals surface area contributed by atoms with Crippen LogP contribution in [0.15, 0.2) is 89.2 Å². The van der Waals surface area contributed by atoms with Gasteiger partial charge >= 0.3 is 5.97 Å². The lowest BCUT2D eigenvalue weighted by Crippen LogP contribution is -2.29. The van der Waals surface area contributed by atoms with Gasteiger partial charge in [-0.25, -0.2) is 9.79 Å². The Morgan fingerprint density at radius 2 is 1.69 bits per heavy atom. The van der Waals surface area contributed by atoms with Crippen LogP contribution in [-0.4, -0.2) is 24.2 Å². The highest BCUT2D eigenvalue weighted by Crippen LogP contribution is 2.40. The normalized spacial score (nSPS) is 13.8. The van der Waals surface area contributed by atoms with Gasteiger partial charge in [-0.2, -0.15) is 0 Å². The van der Waals surface area contributed by atoms with Gasteiger partial charge in [-0.3, -0.25) is 4.79 Å². The third-order valence-corrected chi connectivity index (χ3v) is 6.83. The van der Waals surface area contributed by atoms with Crippen molar-refractivity contribution < 1.29 is 14.3 Å². The van der Waals surface area contributed by atoms with Crippen molar-refractivity contribution in [2.45, 2.75) is 13.5 Å². The maximum atomic E-state index is 13.6. The molecule has 5 rings (SSSR count). The molecule has 0 saturated heterocycles. The molecular weight excluding hydrogens is 480 g/mol. The van der Waals surface area contributed by atoms with Crippen LogP contribution in [0.4, 0.5) is 10.7 Å². The first-order chi connectivity index (χ1) is 17.1. The number of carbonyl (C=O) groups is 2. The second kappa shape index (κ2) is 9.86. The molecule has 0 aliphatic carbocycles. The Bertz CT molecular complexity index is 1430. The summed E-state index contributed by atoms with van der Waals surface area (Å²) in [6.07, 6.45) is 0. The summed E-state index contributed by atoms with van der Waals surface area (Å²) in [5.41, 5.74) is 4.74. The molecule has 0 saturated carbocycles. The number of ether oxygens (including phenoxy) is 1. The number of amides is 1. The topological polar surface area (TPSA) is 59.0 Å². The summed E-state index contributed by atoms with van der Waals surface area (Å²) in [4.78, 5) is 33.0. The van der Waals surface area contributed by atoms with Crippen molar-refractivity contribution in [1.29, 1.82) is 0 Å². The molecule has 1 aliphatic heterocycles. The zero-order valence-electron chi connectivity index (χ0n) is 18.9. The highest BCUT2D eigenvalue weighted by Gasteiger charge is 2.34. The number of rotatable bonds is 6. The molecule has 0 radical (unpaired) electrons. The van der Waals surface area contributed by atoms with Crippen molar-refractivity contribution in [3.63, 3.8) is 0 Å². The number of aliphatic imine (C=N–C) groups is 1. The van der Waals surface area contributed by atoms with E-state index in [1.807, 2.05) is 72.1 Å². The van der Waals surface area contributed by atoms with Crippen LogP contribution in [-0.2, 0) is 16.1 Å². The van der Waals surface area contributed by atoms with Gasteiger partial charge in [0, 0.05) is 21.5 Å². The molecule has 7 heteroatoms. The van der Waals surface area contributed by atoms with Crippen molar-refractivity contribution in [3.05, 3.63) is 106 Å². The van der Waals surface area contributed by atoms with Gasteiger partial charge in [0.2, 0.25) is 0 Å². The molecule has 1 aliphatic rings. The summed E-state index contributed by atoms with van der Waals surface area (Å²) in [5.74, 6) is -0.677. The summed E-state index contributed by atoms with van der Waals surface area (Å²) in [7, 11) is 0. The Morgan fingerprint density at radius 3 is 2.43 bits per heavy atom. The molecule has 1 aromatic heterocycles.